The van der Waals surface area contributed by atoms with Crippen LogP contribution in [0.15, 0.2) is 12.1 Å². The Hall–Kier alpha value is -0.890. The highest BCUT2D eigenvalue weighted by Gasteiger charge is 2.06. The van der Waals surface area contributed by atoms with E-state index in [1.807, 2.05) is 26.0 Å². The van der Waals surface area contributed by atoms with Crippen LogP contribution in [0.3, 0.4) is 0 Å². The van der Waals surface area contributed by atoms with Gasteiger partial charge in [-0.05, 0) is 43.4 Å². The molecule has 2 heteroatoms. The van der Waals surface area contributed by atoms with Crippen molar-refractivity contribution in [3.05, 3.63) is 34.6 Å². The van der Waals surface area contributed by atoms with Gasteiger partial charge in [0.15, 0.2) is 0 Å². The number of benzene rings is 1. The van der Waals surface area contributed by atoms with Gasteiger partial charge in [-0.3, -0.25) is 0 Å². The summed E-state index contributed by atoms with van der Waals surface area (Å²) in [5.41, 5.74) is 2.64. The highest BCUT2D eigenvalue weighted by Crippen LogP contribution is 2.14. The van der Waals surface area contributed by atoms with E-state index in [1.54, 1.807) is 0 Å². The standard InChI is InChI=1S/C14H22FN/c1-5-13(6-2)16-9-12-7-10(3)14(15)11(4)8-12/h7-8,13,16H,5-6,9H2,1-4H3. The Labute approximate surface area is 98.1 Å². The quantitative estimate of drug-likeness (QED) is 0.802. The minimum atomic E-state index is -0.0775. The average Bonchev–Trinajstić information content (AvgIpc) is 2.27. The average molecular weight is 223 g/mol. The lowest BCUT2D eigenvalue weighted by atomic mass is 10.1. The monoisotopic (exact) mass is 223 g/mol. The van der Waals surface area contributed by atoms with Crippen molar-refractivity contribution in [2.75, 3.05) is 0 Å². The van der Waals surface area contributed by atoms with E-state index in [2.05, 4.69) is 19.2 Å². The van der Waals surface area contributed by atoms with Crippen LogP contribution in [0.25, 0.3) is 0 Å². The molecular weight excluding hydrogens is 201 g/mol. The van der Waals surface area contributed by atoms with Gasteiger partial charge in [0.1, 0.15) is 5.82 Å². The molecule has 0 fully saturated rings. The minimum Gasteiger partial charge on any atom is -0.310 e. The van der Waals surface area contributed by atoms with Crippen LogP contribution < -0.4 is 5.32 Å². The summed E-state index contributed by atoms with van der Waals surface area (Å²) in [6.07, 6.45) is 2.27. The van der Waals surface area contributed by atoms with Crippen LogP contribution in [0, 0.1) is 19.7 Å². The Balaban J connectivity index is 2.68. The van der Waals surface area contributed by atoms with Crippen molar-refractivity contribution in [1.82, 2.24) is 5.32 Å². The predicted molar refractivity (Wildman–Crippen MR) is 67.1 cm³/mol. The van der Waals surface area contributed by atoms with Crippen molar-refractivity contribution in [2.24, 2.45) is 0 Å². The van der Waals surface area contributed by atoms with E-state index >= 15 is 0 Å². The first-order valence-corrected chi connectivity index (χ1v) is 6.07. The fourth-order valence-corrected chi connectivity index (χ4v) is 1.98. The van der Waals surface area contributed by atoms with Gasteiger partial charge in [-0.2, -0.15) is 0 Å². The summed E-state index contributed by atoms with van der Waals surface area (Å²) < 4.78 is 13.4. The number of halogens is 1. The first-order chi connectivity index (χ1) is 7.58. The van der Waals surface area contributed by atoms with E-state index in [-0.39, 0.29) is 5.82 Å². The Kier molecular flexibility index (Phi) is 4.94. The van der Waals surface area contributed by atoms with Crippen LogP contribution in [0.5, 0.6) is 0 Å². The van der Waals surface area contributed by atoms with E-state index in [0.717, 1.165) is 30.5 Å². The summed E-state index contributed by atoms with van der Waals surface area (Å²) in [5, 5.41) is 3.49. The molecule has 1 rings (SSSR count). The molecule has 0 heterocycles. The topological polar surface area (TPSA) is 12.0 Å². The van der Waals surface area contributed by atoms with Crippen LogP contribution in [-0.4, -0.2) is 6.04 Å². The summed E-state index contributed by atoms with van der Waals surface area (Å²) in [6, 6.07) is 4.42. The van der Waals surface area contributed by atoms with Gasteiger partial charge in [0, 0.05) is 12.6 Å². The van der Waals surface area contributed by atoms with E-state index in [4.69, 9.17) is 0 Å². The summed E-state index contributed by atoms with van der Waals surface area (Å²) in [5.74, 6) is -0.0775. The maximum atomic E-state index is 13.4. The molecule has 1 aromatic rings. The molecule has 0 unspecified atom stereocenters. The molecule has 0 aliphatic rings. The first-order valence-electron chi connectivity index (χ1n) is 6.07. The number of rotatable bonds is 5. The summed E-state index contributed by atoms with van der Waals surface area (Å²) in [6.45, 7) is 8.84. The zero-order chi connectivity index (χ0) is 12.1. The van der Waals surface area contributed by atoms with Gasteiger partial charge in [-0.25, -0.2) is 4.39 Å². The maximum Gasteiger partial charge on any atom is 0.129 e. The highest BCUT2D eigenvalue weighted by molar-refractivity contribution is 5.30. The molecular formula is C14H22FN. The van der Waals surface area contributed by atoms with Crippen molar-refractivity contribution in [1.29, 1.82) is 0 Å². The lowest BCUT2D eigenvalue weighted by Gasteiger charge is -2.15. The molecule has 16 heavy (non-hydrogen) atoms. The smallest absolute Gasteiger partial charge is 0.129 e. The van der Waals surface area contributed by atoms with Crippen molar-refractivity contribution >= 4 is 0 Å². The molecule has 1 N–H and O–H groups in total. The molecule has 0 aliphatic heterocycles. The normalized spacial score (nSPS) is 11.1. The number of hydrogen-bond acceptors (Lipinski definition) is 1. The molecule has 0 aliphatic carbocycles. The Bertz CT molecular complexity index is 320. The SMILES string of the molecule is CCC(CC)NCc1cc(C)c(F)c(C)c1. The second kappa shape index (κ2) is 6.00. The Morgan fingerprint density at radius 2 is 1.62 bits per heavy atom. The van der Waals surface area contributed by atoms with E-state index in [0.29, 0.717) is 6.04 Å². The molecule has 0 saturated carbocycles. The largest absolute Gasteiger partial charge is 0.310 e. The van der Waals surface area contributed by atoms with Gasteiger partial charge in [0.05, 0.1) is 0 Å². The van der Waals surface area contributed by atoms with Gasteiger partial charge in [-0.1, -0.05) is 26.0 Å². The lowest BCUT2D eigenvalue weighted by molar-refractivity contribution is 0.483. The van der Waals surface area contributed by atoms with Gasteiger partial charge >= 0.3 is 0 Å². The van der Waals surface area contributed by atoms with Gasteiger partial charge in [0.25, 0.3) is 0 Å². The van der Waals surface area contributed by atoms with Crippen molar-refractivity contribution in [3.63, 3.8) is 0 Å². The molecule has 90 valence electrons. The lowest BCUT2D eigenvalue weighted by Crippen LogP contribution is -2.27. The Morgan fingerprint density at radius 3 is 2.06 bits per heavy atom. The third-order valence-corrected chi connectivity index (χ3v) is 3.08. The van der Waals surface area contributed by atoms with Crippen LogP contribution >= 0.6 is 0 Å². The number of hydrogen-bond donors (Lipinski definition) is 1. The highest BCUT2D eigenvalue weighted by atomic mass is 19.1. The van der Waals surface area contributed by atoms with Crippen molar-refractivity contribution < 1.29 is 4.39 Å². The predicted octanol–water partition coefficient (Wildman–Crippen LogP) is 3.72. The van der Waals surface area contributed by atoms with Crippen LogP contribution in [0.4, 0.5) is 4.39 Å². The van der Waals surface area contributed by atoms with E-state index in [9.17, 15) is 4.39 Å². The molecule has 1 aromatic carbocycles. The zero-order valence-corrected chi connectivity index (χ0v) is 10.7. The summed E-state index contributed by atoms with van der Waals surface area (Å²) in [7, 11) is 0. The number of nitrogens with one attached hydrogen (secondary N) is 1. The molecule has 1 nitrogen and oxygen atoms in total. The zero-order valence-electron chi connectivity index (χ0n) is 10.7. The third kappa shape index (κ3) is 3.31. The molecule has 0 radical (unpaired) electrons. The van der Waals surface area contributed by atoms with Crippen molar-refractivity contribution in [2.45, 2.75) is 53.1 Å². The maximum absolute atomic E-state index is 13.4. The first kappa shape index (κ1) is 13.2. The summed E-state index contributed by atoms with van der Waals surface area (Å²) in [4.78, 5) is 0. The van der Waals surface area contributed by atoms with E-state index < -0.39 is 0 Å². The fourth-order valence-electron chi connectivity index (χ4n) is 1.98. The molecule has 0 aromatic heterocycles. The second-order valence-electron chi connectivity index (χ2n) is 4.44. The van der Waals surface area contributed by atoms with Crippen LogP contribution in [0.2, 0.25) is 0 Å². The fraction of sp³-hybridized carbons (Fsp3) is 0.571. The minimum absolute atomic E-state index is 0.0775. The molecule has 0 saturated heterocycles. The van der Waals surface area contributed by atoms with Crippen LogP contribution in [0.1, 0.15) is 43.4 Å². The molecule has 0 atom stereocenters. The Morgan fingerprint density at radius 1 is 1.12 bits per heavy atom. The van der Waals surface area contributed by atoms with Crippen molar-refractivity contribution in [3.8, 4) is 0 Å². The summed E-state index contributed by atoms with van der Waals surface area (Å²) >= 11 is 0. The third-order valence-electron chi connectivity index (χ3n) is 3.08. The van der Waals surface area contributed by atoms with Gasteiger partial charge < -0.3 is 5.32 Å². The molecule has 0 spiro atoms. The van der Waals surface area contributed by atoms with Crippen LogP contribution in [-0.2, 0) is 6.54 Å². The van der Waals surface area contributed by atoms with Gasteiger partial charge in [0.2, 0.25) is 0 Å². The number of aryl methyl sites for hydroxylation is 2. The van der Waals surface area contributed by atoms with Gasteiger partial charge in [-0.15, -0.1) is 0 Å². The molecule has 0 amide bonds. The van der Waals surface area contributed by atoms with E-state index in [1.165, 1.54) is 5.56 Å². The molecule has 0 bridgehead atoms. The second-order valence-corrected chi connectivity index (χ2v) is 4.44.